The summed E-state index contributed by atoms with van der Waals surface area (Å²) < 4.78 is 11.7. The average Bonchev–Trinajstić information content (AvgIpc) is 3.35. The van der Waals surface area contributed by atoms with Gasteiger partial charge in [0.15, 0.2) is 0 Å². The maximum Gasteiger partial charge on any atom is 0.308 e. The molecule has 0 saturated heterocycles. The van der Waals surface area contributed by atoms with Crippen LogP contribution in [0.5, 0.6) is 5.75 Å². The lowest BCUT2D eigenvalue weighted by Crippen LogP contribution is -2.06. The number of benzene rings is 3. The minimum atomic E-state index is -0.268. The van der Waals surface area contributed by atoms with Crippen LogP contribution in [0.1, 0.15) is 55.4 Å². The molecule has 0 atom stereocenters. The Morgan fingerprint density at radius 1 is 1.03 bits per heavy atom. The zero-order chi connectivity index (χ0) is 20.8. The van der Waals surface area contributed by atoms with Crippen LogP contribution in [0.15, 0.2) is 52.9 Å². The van der Waals surface area contributed by atoms with Crippen molar-refractivity contribution >= 4 is 27.7 Å². The van der Waals surface area contributed by atoms with Crippen molar-refractivity contribution in [2.75, 3.05) is 0 Å². The number of hydrogen-bond acceptors (Lipinski definition) is 3. The Balaban J connectivity index is 1.80. The van der Waals surface area contributed by atoms with Crippen molar-refractivity contribution in [1.82, 2.24) is 0 Å². The lowest BCUT2D eigenvalue weighted by Gasteiger charge is -2.18. The summed E-state index contributed by atoms with van der Waals surface area (Å²) in [4.78, 5) is 11.7. The van der Waals surface area contributed by atoms with E-state index in [-0.39, 0.29) is 5.97 Å². The highest BCUT2D eigenvalue weighted by molar-refractivity contribution is 6.12. The first-order valence-electron chi connectivity index (χ1n) is 10.8. The molecule has 0 spiro atoms. The van der Waals surface area contributed by atoms with Gasteiger partial charge in [-0.25, -0.2) is 0 Å². The van der Waals surface area contributed by atoms with Crippen LogP contribution in [0.4, 0.5) is 0 Å². The van der Waals surface area contributed by atoms with Gasteiger partial charge in [0, 0.05) is 17.9 Å². The Morgan fingerprint density at radius 2 is 1.80 bits per heavy atom. The number of furan rings is 1. The molecule has 0 aliphatic heterocycles. The highest BCUT2D eigenvalue weighted by Crippen LogP contribution is 2.44. The van der Waals surface area contributed by atoms with Crippen molar-refractivity contribution in [2.45, 2.75) is 52.4 Å². The van der Waals surface area contributed by atoms with Crippen molar-refractivity contribution < 1.29 is 13.9 Å². The molecule has 5 rings (SSSR count). The van der Waals surface area contributed by atoms with Gasteiger partial charge in [-0.3, -0.25) is 4.79 Å². The van der Waals surface area contributed by atoms with Gasteiger partial charge in [-0.05, 0) is 78.3 Å². The molecule has 1 heterocycles. The van der Waals surface area contributed by atoms with Crippen LogP contribution < -0.4 is 4.74 Å². The largest absolute Gasteiger partial charge is 0.461 e. The SMILES string of the molecule is CC(=O)Oc1ccc(-c2c3ccccc3cc3oc(C)c(C)c23)cc1C1CCCC1. The van der Waals surface area contributed by atoms with E-state index in [4.69, 9.17) is 9.15 Å². The highest BCUT2D eigenvalue weighted by Gasteiger charge is 2.24. The van der Waals surface area contributed by atoms with E-state index < -0.39 is 0 Å². The molecular weight excluding hydrogens is 372 g/mol. The number of rotatable bonds is 3. The molecule has 3 nitrogen and oxygen atoms in total. The standard InChI is InChI=1S/C27H26O3/c1-16-17(2)29-25-15-20-10-6-7-11-22(20)27(26(16)25)21-12-13-24(30-18(3)28)23(14-21)19-8-4-5-9-19/h6-7,10-15,19H,4-5,8-9H2,1-3H3. The molecule has 1 aliphatic rings. The third-order valence-corrected chi connectivity index (χ3v) is 6.53. The predicted octanol–water partition coefficient (Wildman–Crippen LogP) is 7.45. The van der Waals surface area contributed by atoms with Crippen LogP contribution in [-0.4, -0.2) is 5.97 Å². The van der Waals surface area contributed by atoms with Gasteiger partial charge < -0.3 is 9.15 Å². The molecule has 1 aromatic heterocycles. The zero-order valence-corrected chi connectivity index (χ0v) is 17.7. The number of fused-ring (bicyclic) bond motifs is 2. The van der Waals surface area contributed by atoms with Crippen LogP contribution in [0.25, 0.3) is 32.9 Å². The number of carbonyl (C=O) groups excluding carboxylic acids is 1. The fraction of sp³-hybridized carbons (Fsp3) is 0.296. The van der Waals surface area contributed by atoms with E-state index in [0.29, 0.717) is 11.7 Å². The first-order chi connectivity index (χ1) is 14.5. The summed E-state index contributed by atoms with van der Waals surface area (Å²) in [5.74, 6) is 1.83. The minimum Gasteiger partial charge on any atom is -0.461 e. The van der Waals surface area contributed by atoms with Crippen LogP contribution >= 0.6 is 0 Å². The highest BCUT2D eigenvalue weighted by atomic mass is 16.5. The fourth-order valence-corrected chi connectivity index (χ4v) is 5.00. The predicted molar refractivity (Wildman–Crippen MR) is 121 cm³/mol. The van der Waals surface area contributed by atoms with Crippen molar-refractivity contribution in [2.24, 2.45) is 0 Å². The van der Waals surface area contributed by atoms with E-state index in [1.807, 2.05) is 13.0 Å². The Morgan fingerprint density at radius 3 is 2.57 bits per heavy atom. The molecule has 3 heteroatoms. The summed E-state index contributed by atoms with van der Waals surface area (Å²) in [5.41, 5.74) is 5.60. The monoisotopic (exact) mass is 398 g/mol. The third kappa shape index (κ3) is 3.09. The molecule has 0 amide bonds. The number of ether oxygens (including phenoxy) is 1. The van der Waals surface area contributed by atoms with Gasteiger partial charge in [-0.2, -0.15) is 0 Å². The summed E-state index contributed by atoms with van der Waals surface area (Å²) in [6.07, 6.45) is 4.75. The molecule has 1 saturated carbocycles. The van der Waals surface area contributed by atoms with Crippen molar-refractivity contribution in [3.05, 3.63) is 65.4 Å². The molecule has 1 fully saturated rings. The number of hydrogen-bond donors (Lipinski definition) is 0. The third-order valence-electron chi connectivity index (χ3n) is 6.53. The van der Waals surface area contributed by atoms with Crippen LogP contribution in [0.3, 0.4) is 0 Å². The molecule has 3 aromatic carbocycles. The second kappa shape index (κ2) is 7.32. The van der Waals surface area contributed by atoms with Gasteiger partial charge in [0.05, 0.1) is 0 Å². The van der Waals surface area contributed by atoms with Crippen LogP contribution in [0.2, 0.25) is 0 Å². The molecule has 1 aliphatic carbocycles. The minimum absolute atomic E-state index is 0.268. The smallest absolute Gasteiger partial charge is 0.308 e. The van der Waals surface area contributed by atoms with Gasteiger partial charge in [0.25, 0.3) is 0 Å². The lowest BCUT2D eigenvalue weighted by molar-refractivity contribution is -0.131. The molecule has 152 valence electrons. The van der Waals surface area contributed by atoms with Crippen LogP contribution in [-0.2, 0) is 4.79 Å². The van der Waals surface area contributed by atoms with Crippen molar-refractivity contribution in [1.29, 1.82) is 0 Å². The summed E-state index contributed by atoms with van der Waals surface area (Å²) in [6, 6.07) is 16.9. The normalized spacial score (nSPS) is 14.6. The Labute approximate surface area is 176 Å². The molecule has 30 heavy (non-hydrogen) atoms. The summed E-state index contributed by atoms with van der Waals surface area (Å²) >= 11 is 0. The van der Waals surface area contributed by atoms with E-state index >= 15 is 0 Å². The average molecular weight is 399 g/mol. The van der Waals surface area contributed by atoms with E-state index in [2.05, 4.69) is 49.4 Å². The van der Waals surface area contributed by atoms with Gasteiger partial charge >= 0.3 is 5.97 Å². The quantitative estimate of drug-likeness (QED) is 0.266. The van der Waals surface area contributed by atoms with Gasteiger partial charge in [0.1, 0.15) is 17.1 Å². The lowest BCUT2D eigenvalue weighted by atomic mass is 9.89. The Bertz CT molecular complexity index is 1270. The molecule has 0 N–H and O–H groups in total. The second-order valence-corrected chi connectivity index (χ2v) is 8.46. The Kier molecular flexibility index (Phi) is 4.62. The fourth-order valence-electron chi connectivity index (χ4n) is 5.00. The molecule has 4 aromatic rings. The molecule has 0 radical (unpaired) electrons. The van der Waals surface area contributed by atoms with E-state index in [9.17, 15) is 4.79 Å². The number of aryl methyl sites for hydroxylation is 2. The topological polar surface area (TPSA) is 39.4 Å². The van der Waals surface area contributed by atoms with Gasteiger partial charge in [0.2, 0.25) is 0 Å². The number of esters is 1. The number of carbonyl (C=O) groups is 1. The van der Waals surface area contributed by atoms with Gasteiger partial charge in [-0.15, -0.1) is 0 Å². The first-order valence-corrected chi connectivity index (χ1v) is 10.8. The summed E-state index contributed by atoms with van der Waals surface area (Å²) in [7, 11) is 0. The van der Waals surface area contributed by atoms with E-state index in [1.165, 1.54) is 47.1 Å². The molecular formula is C27H26O3. The Hall–Kier alpha value is -3.07. The van der Waals surface area contributed by atoms with Crippen LogP contribution in [0, 0.1) is 13.8 Å². The van der Waals surface area contributed by atoms with E-state index in [0.717, 1.165) is 35.3 Å². The maximum absolute atomic E-state index is 11.7. The first kappa shape index (κ1) is 18.9. The molecule has 0 bridgehead atoms. The van der Waals surface area contributed by atoms with Crippen molar-refractivity contribution in [3.63, 3.8) is 0 Å². The van der Waals surface area contributed by atoms with Gasteiger partial charge in [-0.1, -0.05) is 43.2 Å². The van der Waals surface area contributed by atoms with E-state index in [1.54, 1.807) is 0 Å². The van der Waals surface area contributed by atoms with Crippen molar-refractivity contribution in [3.8, 4) is 16.9 Å². The zero-order valence-electron chi connectivity index (χ0n) is 17.7. The second-order valence-electron chi connectivity index (χ2n) is 8.46. The summed E-state index contributed by atoms with van der Waals surface area (Å²) in [6.45, 7) is 5.63. The molecule has 0 unspecified atom stereocenters. The maximum atomic E-state index is 11.7. The summed E-state index contributed by atoms with van der Waals surface area (Å²) in [5, 5.41) is 3.55.